The highest BCUT2D eigenvalue weighted by molar-refractivity contribution is 7.89. The first-order valence-electron chi connectivity index (χ1n) is 6.26. The fraction of sp³-hybridized carbons (Fsp3) is 0.538. The Bertz CT molecular complexity index is 515. The van der Waals surface area contributed by atoms with Gasteiger partial charge in [-0.2, -0.15) is 4.31 Å². The normalized spacial score (nSPS) is 12.1. The lowest BCUT2D eigenvalue weighted by Crippen LogP contribution is -2.34. The molecule has 0 aliphatic rings. The Morgan fingerprint density at radius 3 is 2.58 bits per heavy atom. The van der Waals surface area contributed by atoms with Crippen molar-refractivity contribution in [3.63, 3.8) is 0 Å². The number of hydrogen-bond donors (Lipinski definition) is 1. The summed E-state index contributed by atoms with van der Waals surface area (Å²) in [6, 6.07) is 5.29. The smallest absolute Gasteiger partial charge is 0.243 e. The maximum absolute atomic E-state index is 12.6. The average molecular weight is 286 g/mol. The molecule has 2 N–H and O–H groups in total. The number of rotatable bonds is 7. The van der Waals surface area contributed by atoms with E-state index in [9.17, 15) is 8.42 Å². The van der Waals surface area contributed by atoms with Gasteiger partial charge in [-0.25, -0.2) is 8.42 Å². The van der Waals surface area contributed by atoms with Crippen LogP contribution < -0.4 is 5.73 Å². The first-order chi connectivity index (χ1) is 8.97. The molecule has 1 aromatic carbocycles. The van der Waals surface area contributed by atoms with E-state index in [-0.39, 0.29) is 0 Å². The van der Waals surface area contributed by atoms with E-state index in [0.29, 0.717) is 31.1 Å². The zero-order valence-corrected chi connectivity index (χ0v) is 12.5. The topological polar surface area (TPSA) is 72.6 Å². The minimum Gasteiger partial charge on any atom is -0.383 e. The second-order valence-corrected chi connectivity index (χ2v) is 6.20. The molecule has 0 unspecified atom stereocenters. The Hall–Kier alpha value is -0.950. The van der Waals surface area contributed by atoms with Gasteiger partial charge in [0.05, 0.1) is 11.5 Å². The van der Waals surface area contributed by atoms with E-state index < -0.39 is 10.0 Å². The van der Waals surface area contributed by atoms with Crippen LogP contribution in [-0.4, -0.2) is 39.5 Å². The molecule has 1 rings (SSSR count). The fourth-order valence-corrected chi connectivity index (χ4v) is 3.54. The highest BCUT2D eigenvalue weighted by atomic mass is 32.2. The molecule has 0 aliphatic carbocycles. The zero-order valence-electron chi connectivity index (χ0n) is 11.7. The first kappa shape index (κ1) is 16.1. The summed E-state index contributed by atoms with van der Waals surface area (Å²) in [7, 11) is -1.93. The molecule has 0 atom stereocenters. The van der Waals surface area contributed by atoms with E-state index in [2.05, 4.69) is 0 Å². The van der Waals surface area contributed by atoms with Crippen molar-refractivity contribution in [2.75, 3.05) is 26.8 Å². The summed E-state index contributed by atoms with van der Waals surface area (Å²) < 4.78 is 31.5. The van der Waals surface area contributed by atoms with Crippen LogP contribution in [0.5, 0.6) is 0 Å². The average Bonchev–Trinajstić information content (AvgIpc) is 2.39. The van der Waals surface area contributed by atoms with Crippen molar-refractivity contribution in [1.82, 2.24) is 4.31 Å². The van der Waals surface area contributed by atoms with Gasteiger partial charge in [0.25, 0.3) is 0 Å². The minimum atomic E-state index is -3.49. The molecule has 6 heteroatoms. The van der Waals surface area contributed by atoms with Gasteiger partial charge in [0.2, 0.25) is 10.0 Å². The maximum Gasteiger partial charge on any atom is 0.243 e. The van der Waals surface area contributed by atoms with Crippen LogP contribution >= 0.6 is 0 Å². The molecule has 0 aliphatic heterocycles. The summed E-state index contributed by atoms with van der Waals surface area (Å²) in [4.78, 5) is 0.327. The number of sulfonamides is 1. The SMILES string of the molecule is CCN(CCOC)S(=O)(=O)c1cc(CN)ccc1C. The molecule has 0 saturated carbocycles. The third-order valence-electron chi connectivity index (χ3n) is 3.00. The number of likely N-dealkylation sites (N-methyl/N-ethyl adjacent to an activating group) is 1. The second kappa shape index (κ2) is 7.00. The van der Waals surface area contributed by atoms with E-state index in [1.165, 1.54) is 4.31 Å². The zero-order chi connectivity index (χ0) is 14.5. The largest absolute Gasteiger partial charge is 0.383 e. The first-order valence-corrected chi connectivity index (χ1v) is 7.70. The van der Waals surface area contributed by atoms with Crippen molar-refractivity contribution >= 4 is 10.0 Å². The standard InChI is InChI=1S/C13H22N2O3S/c1-4-15(7-8-18-3)19(16,17)13-9-12(10-14)6-5-11(13)2/h5-6,9H,4,7-8,10,14H2,1-3H3. The van der Waals surface area contributed by atoms with Crippen LogP contribution in [0.3, 0.4) is 0 Å². The van der Waals surface area contributed by atoms with Crippen LogP contribution in [0.15, 0.2) is 23.1 Å². The monoisotopic (exact) mass is 286 g/mol. The number of benzene rings is 1. The van der Waals surface area contributed by atoms with Crippen LogP contribution in [-0.2, 0) is 21.3 Å². The van der Waals surface area contributed by atoms with Crippen LogP contribution in [0.25, 0.3) is 0 Å². The van der Waals surface area contributed by atoms with Gasteiger partial charge in [0.15, 0.2) is 0 Å². The van der Waals surface area contributed by atoms with E-state index in [1.807, 2.05) is 13.0 Å². The maximum atomic E-state index is 12.6. The van der Waals surface area contributed by atoms with Gasteiger partial charge in [-0.3, -0.25) is 0 Å². The molecule has 5 nitrogen and oxygen atoms in total. The number of hydrogen-bond acceptors (Lipinski definition) is 4. The lowest BCUT2D eigenvalue weighted by molar-refractivity contribution is 0.180. The van der Waals surface area contributed by atoms with Gasteiger partial charge in [-0.15, -0.1) is 0 Å². The van der Waals surface area contributed by atoms with Crippen molar-refractivity contribution in [2.24, 2.45) is 5.73 Å². The Kier molecular flexibility index (Phi) is 5.93. The highest BCUT2D eigenvalue weighted by Gasteiger charge is 2.24. The molecule has 0 aromatic heterocycles. The molecular formula is C13H22N2O3S. The summed E-state index contributed by atoms with van der Waals surface area (Å²) in [5, 5.41) is 0. The van der Waals surface area contributed by atoms with Crippen LogP contribution in [0.1, 0.15) is 18.1 Å². The van der Waals surface area contributed by atoms with Crippen LogP contribution in [0.4, 0.5) is 0 Å². The molecule has 0 fully saturated rings. The Balaban J connectivity index is 3.17. The highest BCUT2D eigenvalue weighted by Crippen LogP contribution is 2.21. The number of methoxy groups -OCH3 is 1. The van der Waals surface area contributed by atoms with Crippen molar-refractivity contribution in [3.05, 3.63) is 29.3 Å². The van der Waals surface area contributed by atoms with Crippen LogP contribution in [0.2, 0.25) is 0 Å². The van der Waals surface area contributed by atoms with Gasteiger partial charge in [0.1, 0.15) is 0 Å². The van der Waals surface area contributed by atoms with E-state index >= 15 is 0 Å². The molecule has 0 saturated heterocycles. The lowest BCUT2D eigenvalue weighted by Gasteiger charge is -2.21. The van der Waals surface area contributed by atoms with E-state index in [4.69, 9.17) is 10.5 Å². The predicted octanol–water partition coefficient (Wildman–Crippen LogP) is 1.11. The predicted molar refractivity (Wildman–Crippen MR) is 75.4 cm³/mol. The van der Waals surface area contributed by atoms with E-state index in [1.54, 1.807) is 26.2 Å². The Morgan fingerprint density at radius 2 is 2.05 bits per heavy atom. The Morgan fingerprint density at radius 1 is 1.37 bits per heavy atom. The molecule has 0 bridgehead atoms. The molecule has 19 heavy (non-hydrogen) atoms. The molecule has 108 valence electrons. The molecule has 0 amide bonds. The molecule has 0 heterocycles. The van der Waals surface area contributed by atoms with Crippen molar-refractivity contribution in [3.8, 4) is 0 Å². The van der Waals surface area contributed by atoms with Crippen molar-refractivity contribution in [2.45, 2.75) is 25.3 Å². The summed E-state index contributed by atoms with van der Waals surface area (Å²) in [5.41, 5.74) is 7.11. The Labute approximate surface area is 115 Å². The van der Waals surface area contributed by atoms with Gasteiger partial charge < -0.3 is 10.5 Å². The van der Waals surface area contributed by atoms with Gasteiger partial charge in [-0.05, 0) is 24.1 Å². The molecule has 0 radical (unpaired) electrons. The molecular weight excluding hydrogens is 264 g/mol. The van der Waals surface area contributed by atoms with Crippen molar-refractivity contribution in [1.29, 1.82) is 0 Å². The fourth-order valence-electron chi connectivity index (χ4n) is 1.83. The number of ether oxygens (including phenoxy) is 1. The van der Waals surface area contributed by atoms with Gasteiger partial charge in [0, 0.05) is 26.7 Å². The molecule has 1 aromatic rings. The summed E-state index contributed by atoms with van der Waals surface area (Å²) in [6.45, 7) is 5.07. The quantitative estimate of drug-likeness (QED) is 0.815. The van der Waals surface area contributed by atoms with Crippen molar-refractivity contribution < 1.29 is 13.2 Å². The van der Waals surface area contributed by atoms with Crippen LogP contribution in [0, 0.1) is 6.92 Å². The van der Waals surface area contributed by atoms with Gasteiger partial charge >= 0.3 is 0 Å². The third-order valence-corrected chi connectivity index (χ3v) is 5.12. The summed E-state index contributed by atoms with van der Waals surface area (Å²) >= 11 is 0. The third kappa shape index (κ3) is 3.76. The molecule has 0 spiro atoms. The number of nitrogens with zero attached hydrogens (tertiary/aromatic N) is 1. The minimum absolute atomic E-state index is 0.326. The van der Waals surface area contributed by atoms with E-state index in [0.717, 1.165) is 11.1 Å². The summed E-state index contributed by atoms with van der Waals surface area (Å²) in [6.07, 6.45) is 0. The van der Waals surface area contributed by atoms with Gasteiger partial charge in [-0.1, -0.05) is 19.1 Å². The summed E-state index contributed by atoms with van der Waals surface area (Å²) in [5.74, 6) is 0. The lowest BCUT2D eigenvalue weighted by atomic mass is 10.1. The second-order valence-electron chi connectivity index (χ2n) is 4.29. The number of nitrogens with two attached hydrogens (primary N) is 1. The number of aryl methyl sites for hydroxylation is 1.